The first-order chi connectivity index (χ1) is 14.4. The molecule has 1 aliphatic rings. The van der Waals surface area contributed by atoms with Gasteiger partial charge in [-0.3, -0.25) is 14.4 Å². The number of halogens is 3. The second kappa shape index (κ2) is 14.9. The summed E-state index contributed by atoms with van der Waals surface area (Å²) in [5.41, 5.74) is -5.65. The Hall–Kier alpha value is -1.03. The molecule has 0 spiro atoms. The van der Waals surface area contributed by atoms with E-state index in [-0.39, 0.29) is 0 Å². The van der Waals surface area contributed by atoms with E-state index in [1.165, 1.54) is 76.8 Å². The van der Waals surface area contributed by atoms with Gasteiger partial charge in [-0.05, 0) is 39.5 Å². The van der Waals surface area contributed by atoms with Crippen molar-refractivity contribution < 1.29 is 30.7 Å². The molecular weight excluding hydrogens is 431 g/mol. The summed E-state index contributed by atoms with van der Waals surface area (Å²) in [4.78, 5) is 5.22. The average molecular weight is 474 g/mol. The maximum absolute atomic E-state index is 10.7. The molecule has 10 heteroatoms. The fraction of sp³-hybridized carbons (Fsp3) is 0.952. The van der Waals surface area contributed by atoms with Gasteiger partial charge in [-0.2, -0.15) is 13.2 Å². The Labute approximate surface area is 187 Å². The van der Waals surface area contributed by atoms with Crippen LogP contribution in [0.15, 0.2) is 0 Å². The summed E-state index contributed by atoms with van der Waals surface area (Å²) in [6.07, 6.45) is 12.1. The number of hydrogen-bond acceptors (Lipinski definition) is 3. The van der Waals surface area contributed by atoms with Gasteiger partial charge in [0.2, 0.25) is 0 Å². The smallest absolute Gasteiger partial charge is 0.485 e. The van der Waals surface area contributed by atoms with Gasteiger partial charge >= 0.3 is 11.5 Å². The van der Waals surface area contributed by atoms with Gasteiger partial charge in [-0.15, -0.1) is 0 Å². The van der Waals surface area contributed by atoms with Crippen LogP contribution in [-0.4, -0.2) is 78.1 Å². The van der Waals surface area contributed by atoms with E-state index >= 15 is 0 Å². The molecule has 0 aliphatic heterocycles. The molecule has 0 heterocycles. The number of hydrogen-bond donors (Lipinski definition) is 0. The summed E-state index contributed by atoms with van der Waals surface area (Å²) in [6, 6.07) is 0.741. The highest BCUT2D eigenvalue weighted by molar-refractivity contribution is 7.86. The van der Waals surface area contributed by atoms with Crippen molar-refractivity contribution in [3.8, 4) is 0 Å². The van der Waals surface area contributed by atoms with Crippen molar-refractivity contribution in [1.82, 2.24) is 9.80 Å². The van der Waals surface area contributed by atoms with Crippen molar-refractivity contribution in [2.24, 2.45) is 0 Å². The zero-order chi connectivity index (χ0) is 24.1. The summed E-state index contributed by atoms with van der Waals surface area (Å²) >= 11 is 0. The summed E-state index contributed by atoms with van der Waals surface area (Å²) in [7, 11) is -3.73. The van der Waals surface area contributed by atoms with E-state index in [0.717, 1.165) is 19.1 Å². The molecule has 1 aliphatic carbocycles. The number of unbranched alkanes of at least 4 members (excludes halogenated alkanes) is 2. The molecule has 0 bridgehead atoms. The van der Waals surface area contributed by atoms with Crippen LogP contribution in [0.25, 0.3) is 0 Å². The van der Waals surface area contributed by atoms with E-state index in [1.807, 2.05) is 0 Å². The van der Waals surface area contributed by atoms with Gasteiger partial charge in [-0.1, -0.05) is 46.0 Å². The van der Waals surface area contributed by atoms with E-state index in [4.69, 9.17) is 13.0 Å². The van der Waals surface area contributed by atoms with Crippen LogP contribution in [0.1, 0.15) is 85.5 Å². The molecule has 0 aromatic carbocycles. The number of guanidine groups is 1. The molecule has 6 nitrogen and oxygen atoms in total. The minimum Gasteiger partial charge on any atom is -0.741 e. The molecule has 0 radical (unpaired) electrons. The van der Waals surface area contributed by atoms with Gasteiger partial charge in [0, 0.05) is 0 Å². The van der Waals surface area contributed by atoms with Gasteiger partial charge in [0.15, 0.2) is 10.1 Å². The minimum absolute atomic E-state index is 0.741. The Morgan fingerprint density at radius 1 is 0.968 bits per heavy atom. The molecule has 0 aromatic heterocycles. The van der Waals surface area contributed by atoms with Crippen molar-refractivity contribution in [1.29, 1.82) is 0 Å². The largest absolute Gasteiger partial charge is 0.741 e. The van der Waals surface area contributed by atoms with Gasteiger partial charge < -0.3 is 4.55 Å². The summed E-state index contributed by atoms with van der Waals surface area (Å²) in [5.74, 6) is 1.50. The SMILES string of the molecule is CCCC[N+](CCCC)=C(N(CC)CC)N(C)C1CCCCC1.O=S(=O)([O-])C(F)(F)F. The molecule has 186 valence electrons. The lowest BCUT2D eigenvalue weighted by Gasteiger charge is -2.34. The summed E-state index contributed by atoms with van der Waals surface area (Å²) in [6.45, 7) is 13.8. The van der Waals surface area contributed by atoms with Crippen molar-refractivity contribution in [2.45, 2.75) is 97.0 Å². The maximum Gasteiger partial charge on any atom is 0.485 e. The van der Waals surface area contributed by atoms with Crippen LogP contribution in [0.4, 0.5) is 13.2 Å². The van der Waals surface area contributed by atoms with Crippen molar-refractivity contribution >= 4 is 16.1 Å². The number of nitrogens with zero attached hydrogens (tertiary/aromatic N) is 3. The Morgan fingerprint density at radius 3 is 1.71 bits per heavy atom. The molecule has 0 unspecified atom stereocenters. The number of alkyl halides is 3. The van der Waals surface area contributed by atoms with Crippen molar-refractivity contribution in [2.75, 3.05) is 33.2 Å². The normalized spacial score (nSPS) is 15.1. The van der Waals surface area contributed by atoms with Gasteiger partial charge in [0.1, 0.15) is 0 Å². The first-order valence-corrected chi connectivity index (χ1v) is 13.0. The van der Waals surface area contributed by atoms with Crippen molar-refractivity contribution in [3.05, 3.63) is 0 Å². The standard InChI is InChI=1S/C20H42N3.CHF3O3S/c1-6-10-17-23(18-11-7-2)20(22(8-3)9-4)21(5)19-15-13-12-14-16-19;2-1(3,4)8(5,6)7/h19H,6-18H2,1-5H3;(H,5,6,7)/q+1;/p-1. The highest BCUT2D eigenvalue weighted by atomic mass is 32.2. The lowest BCUT2D eigenvalue weighted by molar-refractivity contribution is -0.539. The van der Waals surface area contributed by atoms with Crippen LogP contribution >= 0.6 is 0 Å². The monoisotopic (exact) mass is 473 g/mol. The third kappa shape index (κ3) is 10.9. The lowest BCUT2D eigenvalue weighted by Crippen LogP contribution is -2.52. The molecule has 31 heavy (non-hydrogen) atoms. The minimum atomic E-state index is -6.09. The van der Waals surface area contributed by atoms with Crippen LogP contribution in [0.2, 0.25) is 0 Å². The van der Waals surface area contributed by atoms with E-state index in [9.17, 15) is 13.2 Å². The van der Waals surface area contributed by atoms with Crippen LogP contribution in [0, 0.1) is 0 Å². The zero-order valence-corrected chi connectivity index (χ0v) is 20.7. The van der Waals surface area contributed by atoms with Crippen molar-refractivity contribution in [3.63, 3.8) is 0 Å². The van der Waals surface area contributed by atoms with Gasteiger partial charge in [-0.25, -0.2) is 8.42 Å². The predicted octanol–water partition coefficient (Wildman–Crippen LogP) is 4.61. The Morgan fingerprint density at radius 2 is 1.39 bits per heavy atom. The molecular formula is C21H42F3N3O3S. The molecule has 0 amide bonds. The summed E-state index contributed by atoms with van der Waals surface area (Å²) in [5, 5.41) is 0. The molecule has 0 saturated heterocycles. The lowest BCUT2D eigenvalue weighted by atomic mass is 9.94. The van der Waals surface area contributed by atoms with E-state index in [0.29, 0.717) is 0 Å². The van der Waals surface area contributed by atoms with Crippen LogP contribution < -0.4 is 0 Å². The maximum atomic E-state index is 10.7. The molecule has 0 atom stereocenters. The second-order valence-electron chi connectivity index (χ2n) is 7.97. The van der Waals surface area contributed by atoms with E-state index in [2.05, 4.69) is 49.1 Å². The molecule has 1 fully saturated rings. The molecule has 1 saturated carbocycles. The van der Waals surface area contributed by atoms with Gasteiger partial charge in [0.05, 0.1) is 39.3 Å². The first kappa shape index (κ1) is 30.0. The Bertz CT molecular complexity index is 605. The van der Waals surface area contributed by atoms with E-state index in [1.54, 1.807) is 0 Å². The number of rotatable bonds is 9. The zero-order valence-electron chi connectivity index (χ0n) is 19.9. The summed E-state index contributed by atoms with van der Waals surface area (Å²) < 4.78 is 61.6. The van der Waals surface area contributed by atoms with Crippen LogP contribution in [0.3, 0.4) is 0 Å². The first-order valence-electron chi connectivity index (χ1n) is 11.6. The fourth-order valence-electron chi connectivity index (χ4n) is 3.79. The van der Waals surface area contributed by atoms with Gasteiger partial charge in [0.25, 0.3) is 0 Å². The third-order valence-electron chi connectivity index (χ3n) is 5.61. The molecule has 0 aromatic rings. The third-order valence-corrected chi connectivity index (χ3v) is 6.18. The topological polar surface area (TPSA) is 66.7 Å². The highest BCUT2D eigenvalue weighted by Gasteiger charge is 2.37. The quantitative estimate of drug-likeness (QED) is 0.161. The second-order valence-corrected chi connectivity index (χ2v) is 9.34. The predicted molar refractivity (Wildman–Crippen MR) is 118 cm³/mol. The van der Waals surface area contributed by atoms with Crippen LogP contribution in [0.5, 0.6) is 0 Å². The van der Waals surface area contributed by atoms with Crippen LogP contribution in [-0.2, 0) is 10.1 Å². The average Bonchev–Trinajstić information content (AvgIpc) is 2.72. The molecule has 0 N–H and O–H groups in total. The highest BCUT2D eigenvalue weighted by Crippen LogP contribution is 2.23. The fourth-order valence-corrected chi connectivity index (χ4v) is 3.79. The Kier molecular flexibility index (Phi) is 14.4. The Balaban J connectivity index is 0.000000954. The molecule has 1 rings (SSSR count). The van der Waals surface area contributed by atoms with E-state index < -0.39 is 15.6 Å².